The molecule has 22 heavy (non-hydrogen) atoms. The van der Waals surface area contributed by atoms with E-state index in [-0.39, 0.29) is 28.0 Å². The van der Waals surface area contributed by atoms with Gasteiger partial charge < -0.3 is 0 Å². The van der Waals surface area contributed by atoms with Crippen LogP contribution in [0.15, 0.2) is 23.1 Å². The first-order chi connectivity index (χ1) is 10.1. The van der Waals surface area contributed by atoms with Gasteiger partial charge in [0.25, 0.3) is 5.69 Å². The quantitative estimate of drug-likeness (QED) is 0.568. The zero-order valence-electron chi connectivity index (χ0n) is 13.7. The highest BCUT2D eigenvalue weighted by atomic mass is 32.2. The molecule has 0 bridgehead atoms. The monoisotopic (exact) mass is 328 g/mol. The molecule has 0 saturated carbocycles. The van der Waals surface area contributed by atoms with Crippen LogP contribution in [0.25, 0.3) is 0 Å². The van der Waals surface area contributed by atoms with Crippen molar-refractivity contribution in [1.29, 1.82) is 0 Å². The average molecular weight is 328 g/mol. The SMILES string of the molecule is Cc1c([N+](=O)[O-])cccc1S(=O)(=O)N(CC(C)C)CC(C)C. The number of hydrogen-bond donors (Lipinski definition) is 0. The van der Waals surface area contributed by atoms with E-state index in [4.69, 9.17) is 0 Å². The summed E-state index contributed by atoms with van der Waals surface area (Å²) >= 11 is 0. The minimum atomic E-state index is -3.75. The van der Waals surface area contributed by atoms with Crippen molar-refractivity contribution in [2.75, 3.05) is 13.1 Å². The second kappa shape index (κ2) is 7.19. The van der Waals surface area contributed by atoms with Gasteiger partial charge in [0.1, 0.15) is 0 Å². The molecule has 0 aliphatic rings. The number of nitrogens with zero attached hydrogens (tertiary/aromatic N) is 2. The number of nitro groups is 1. The first-order valence-corrected chi connectivity index (χ1v) is 8.75. The van der Waals surface area contributed by atoms with E-state index in [9.17, 15) is 18.5 Å². The molecule has 7 heteroatoms. The van der Waals surface area contributed by atoms with Crippen LogP contribution in [0.1, 0.15) is 33.3 Å². The second-order valence-electron chi connectivity index (χ2n) is 6.27. The summed E-state index contributed by atoms with van der Waals surface area (Å²) in [5.41, 5.74) is 0.0140. The van der Waals surface area contributed by atoms with Crippen molar-refractivity contribution < 1.29 is 13.3 Å². The largest absolute Gasteiger partial charge is 0.273 e. The molecule has 6 nitrogen and oxygen atoms in total. The Morgan fingerprint density at radius 2 is 1.64 bits per heavy atom. The van der Waals surface area contributed by atoms with E-state index in [0.717, 1.165) is 0 Å². The van der Waals surface area contributed by atoms with Crippen LogP contribution in [0, 0.1) is 28.9 Å². The van der Waals surface area contributed by atoms with Gasteiger partial charge in [-0.25, -0.2) is 8.42 Å². The van der Waals surface area contributed by atoms with E-state index in [2.05, 4.69) is 0 Å². The molecule has 0 N–H and O–H groups in total. The van der Waals surface area contributed by atoms with Crippen LogP contribution in [-0.2, 0) is 10.0 Å². The van der Waals surface area contributed by atoms with Gasteiger partial charge in [-0.15, -0.1) is 0 Å². The van der Waals surface area contributed by atoms with Gasteiger partial charge in [0.2, 0.25) is 10.0 Å². The fraction of sp³-hybridized carbons (Fsp3) is 0.600. The van der Waals surface area contributed by atoms with Crippen molar-refractivity contribution in [3.63, 3.8) is 0 Å². The third-order valence-corrected chi connectivity index (χ3v) is 5.18. The maximum atomic E-state index is 12.9. The summed E-state index contributed by atoms with van der Waals surface area (Å²) in [6, 6.07) is 4.18. The van der Waals surface area contributed by atoms with Crippen LogP contribution in [0.3, 0.4) is 0 Å². The first-order valence-electron chi connectivity index (χ1n) is 7.31. The first kappa shape index (κ1) is 18.6. The molecule has 0 radical (unpaired) electrons. The highest BCUT2D eigenvalue weighted by Crippen LogP contribution is 2.28. The van der Waals surface area contributed by atoms with Crippen molar-refractivity contribution in [3.05, 3.63) is 33.9 Å². The van der Waals surface area contributed by atoms with Crippen molar-refractivity contribution in [3.8, 4) is 0 Å². The molecule has 0 heterocycles. The standard InChI is InChI=1S/C15H24N2O4S/c1-11(2)9-16(10-12(3)4)22(20,21)15-8-6-7-14(13(15)5)17(18)19/h6-8,11-12H,9-10H2,1-5H3. The summed E-state index contributed by atoms with van der Waals surface area (Å²) in [5, 5.41) is 11.0. The summed E-state index contributed by atoms with van der Waals surface area (Å²) in [6.45, 7) is 10.1. The predicted octanol–water partition coefficient (Wildman–Crippen LogP) is 3.21. The fourth-order valence-corrected chi connectivity index (χ4v) is 4.31. The van der Waals surface area contributed by atoms with E-state index in [1.807, 2.05) is 27.7 Å². The van der Waals surface area contributed by atoms with Gasteiger partial charge >= 0.3 is 0 Å². The van der Waals surface area contributed by atoms with Crippen molar-refractivity contribution >= 4 is 15.7 Å². The Hall–Kier alpha value is -1.47. The summed E-state index contributed by atoms with van der Waals surface area (Å²) in [6.07, 6.45) is 0. The van der Waals surface area contributed by atoms with E-state index in [1.165, 1.54) is 29.4 Å². The molecule has 0 aliphatic carbocycles. The summed E-state index contributed by atoms with van der Waals surface area (Å²) in [5.74, 6) is 0.347. The van der Waals surface area contributed by atoms with Crippen LogP contribution in [0.4, 0.5) is 5.69 Å². The number of hydrogen-bond acceptors (Lipinski definition) is 4. The van der Waals surface area contributed by atoms with Crippen molar-refractivity contribution in [2.24, 2.45) is 11.8 Å². The third-order valence-electron chi connectivity index (χ3n) is 3.21. The van der Waals surface area contributed by atoms with Crippen LogP contribution in [-0.4, -0.2) is 30.7 Å². The Kier molecular flexibility index (Phi) is 6.08. The molecule has 0 fully saturated rings. The normalized spacial score (nSPS) is 12.4. The molecular weight excluding hydrogens is 304 g/mol. The molecule has 1 rings (SSSR count). The van der Waals surface area contributed by atoms with E-state index in [1.54, 1.807) is 0 Å². The fourth-order valence-electron chi connectivity index (χ4n) is 2.30. The lowest BCUT2D eigenvalue weighted by Crippen LogP contribution is -2.37. The van der Waals surface area contributed by atoms with Crippen LogP contribution >= 0.6 is 0 Å². The average Bonchev–Trinajstić information content (AvgIpc) is 2.36. The Morgan fingerprint density at radius 3 is 2.05 bits per heavy atom. The Morgan fingerprint density at radius 1 is 1.14 bits per heavy atom. The van der Waals surface area contributed by atoms with E-state index >= 15 is 0 Å². The third kappa shape index (κ3) is 4.27. The second-order valence-corrected chi connectivity index (χ2v) is 8.17. The lowest BCUT2D eigenvalue weighted by atomic mass is 10.2. The highest BCUT2D eigenvalue weighted by molar-refractivity contribution is 7.89. The van der Waals surface area contributed by atoms with E-state index in [0.29, 0.717) is 13.1 Å². The van der Waals surface area contributed by atoms with Gasteiger partial charge in [0, 0.05) is 24.7 Å². The van der Waals surface area contributed by atoms with Gasteiger partial charge in [-0.1, -0.05) is 33.8 Å². The Balaban J connectivity index is 3.36. The van der Waals surface area contributed by atoms with Gasteiger partial charge in [0.15, 0.2) is 0 Å². The van der Waals surface area contributed by atoms with Crippen LogP contribution < -0.4 is 0 Å². The molecule has 0 spiro atoms. The maximum absolute atomic E-state index is 12.9. The van der Waals surface area contributed by atoms with Crippen molar-refractivity contribution in [2.45, 2.75) is 39.5 Å². The predicted molar refractivity (Wildman–Crippen MR) is 86.3 cm³/mol. The zero-order chi connectivity index (χ0) is 17.1. The number of rotatable bonds is 7. The molecule has 0 saturated heterocycles. The molecular formula is C15H24N2O4S. The molecule has 0 amide bonds. The Labute approximate surface area is 132 Å². The summed E-state index contributed by atoms with van der Waals surface area (Å²) < 4.78 is 27.2. The lowest BCUT2D eigenvalue weighted by Gasteiger charge is -2.26. The maximum Gasteiger partial charge on any atom is 0.273 e. The van der Waals surface area contributed by atoms with Crippen molar-refractivity contribution in [1.82, 2.24) is 4.31 Å². The molecule has 1 aromatic carbocycles. The minimum absolute atomic E-state index is 0.0167. The summed E-state index contributed by atoms with van der Waals surface area (Å²) in [7, 11) is -3.75. The van der Waals surface area contributed by atoms with Gasteiger partial charge in [-0.05, 0) is 24.8 Å². The summed E-state index contributed by atoms with van der Waals surface area (Å²) in [4.78, 5) is 10.5. The molecule has 0 aromatic heterocycles. The Bertz CT molecular complexity index is 629. The highest BCUT2D eigenvalue weighted by Gasteiger charge is 2.29. The zero-order valence-corrected chi connectivity index (χ0v) is 14.6. The smallest absolute Gasteiger partial charge is 0.258 e. The minimum Gasteiger partial charge on any atom is -0.258 e. The molecule has 0 aliphatic heterocycles. The topological polar surface area (TPSA) is 80.5 Å². The van der Waals surface area contributed by atoms with Gasteiger partial charge in [0.05, 0.1) is 9.82 Å². The number of sulfonamides is 1. The molecule has 1 aromatic rings. The van der Waals surface area contributed by atoms with Crippen LogP contribution in [0.2, 0.25) is 0 Å². The van der Waals surface area contributed by atoms with E-state index < -0.39 is 14.9 Å². The number of nitro benzene ring substituents is 1. The lowest BCUT2D eigenvalue weighted by molar-refractivity contribution is -0.385. The molecule has 0 atom stereocenters. The molecule has 124 valence electrons. The van der Waals surface area contributed by atoms with Crippen LogP contribution in [0.5, 0.6) is 0 Å². The number of benzene rings is 1. The van der Waals surface area contributed by atoms with Gasteiger partial charge in [-0.2, -0.15) is 4.31 Å². The van der Waals surface area contributed by atoms with Gasteiger partial charge in [-0.3, -0.25) is 10.1 Å². The molecule has 0 unspecified atom stereocenters.